The van der Waals surface area contributed by atoms with Crippen molar-refractivity contribution in [1.29, 1.82) is 0 Å². The van der Waals surface area contributed by atoms with Gasteiger partial charge in [-0.15, -0.1) is 0 Å². The van der Waals surface area contributed by atoms with Crippen molar-refractivity contribution in [3.63, 3.8) is 0 Å². The Labute approximate surface area is 89.1 Å². The number of furan rings is 1. The molecule has 1 aromatic heterocycles. The van der Waals surface area contributed by atoms with Gasteiger partial charge in [0, 0.05) is 12.7 Å². The Morgan fingerprint density at radius 2 is 2.29 bits per heavy atom. The minimum Gasteiger partial charge on any atom is -0.447 e. The second kappa shape index (κ2) is 5.25. The molecule has 0 N–H and O–H groups in total. The monoisotopic (exact) mass is 212 g/mol. The van der Waals surface area contributed by atoms with E-state index in [2.05, 4.69) is 13.8 Å². The van der Waals surface area contributed by atoms with Gasteiger partial charge in [0.15, 0.2) is 16.6 Å². The molecule has 1 atom stereocenters. The van der Waals surface area contributed by atoms with Gasteiger partial charge < -0.3 is 4.42 Å². The van der Waals surface area contributed by atoms with Crippen molar-refractivity contribution < 1.29 is 9.21 Å². The molecule has 3 heteroatoms. The first-order chi connectivity index (χ1) is 6.63. The van der Waals surface area contributed by atoms with Crippen LogP contribution in [0, 0.1) is 5.92 Å². The van der Waals surface area contributed by atoms with E-state index in [4.69, 9.17) is 4.42 Å². The molecule has 0 aromatic carbocycles. The molecule has 0 radical (unpaired) electrons. The van der Waals surface area contributed by atoms with Gasteiger partial charge in [-0.05, 0) is 18.1 Å². The molecule has 0 aliphatic carbocycles. The number of Topliss-reactive ketones (excluding diaryl/α,β-unsaturated/α-hetero) is 1. The number of carbonyl (C=O) groups excluding carboxylic acids is 1. The van der Waals surface area contributed by atoms with Crippen LogP contribution in [0.15, 0.2) is 21.6 Å². The average molecular weight is 212 g/mol. The summed E-state index contributed by atoms with van der Waals surface area (Å²) in [6, 6.07) is 3.60. The molecule has 0 aliphatic rings. The number of hydrogen-bond acceptors (Lipinski definition) is 3. The van der Waals surface area contributed by atoms with Crippen molar-refractivity contribution in [3.8, 4) is 0 Å². The first-order valence-corrected chi connectivity index (χ1v) is 5.85. The fourth-order valence-corrected chi connectivity index (χ4v) is 1.93. The van der Waals surface area contributed by atoms with Crippen molar-refractivity contribution >= 4 is 17.5 Å². The molecule has 1 aromatic rings. The topological polar surface area (TPSA) is 30.2 Å². The molecule has 0 bridgehead atoms. The van der Waals surface area contributed by atoms with Gasteiger partial charge in [0.2, 0.25) is 0 Å². The van der Waals surface area contributed by atoms with Crippen LogP contribution in [0.3, 0.4) is 0 Å². The van der Waals surface area contributed by atoms with Crippen LogP contribution < -0.4 is 0 Å². The fourth-order valence-electron chi connectivity index (χ4n) is 0.929. The molecular formula is C11H16O2S. The van der Waals surface area contributed by atoms with Crippen LogP contribution in [-0.2, 0) is 0 Å². The number of ketones is 1. The quantitative estimate of drug-likeness (QED) is 0.551. The highest BCUT2D eigenvalue weighted by Gasteiger charge is 2.07. The van der Waals surface area contributed by atoms with Gasteiger partial charge >= 0.3 is 0 Å². The molecule has 0 saturated heterocycles. The summed E-state index contributed by atoms with van der Waals surface area (Å²) in [5, 5.41) is 0.843. The molecule has 1 rings (SSSR count). The summed E-state index contributed by atoms with van der Waals surface area (Å²) in [4.78, 5) is 10.9. The third-order valence-corrected chi connectivity index (χ3v) is 3.38. The normalized spacial score (nSPS) is 12.8. The van der Waals surface area contributed by atoms with Gasteiger partial charge in [-0.2, -0.15) is 0 Å². The van der Waals surface area contributed by atoms with Gasteiger partial charge in [0.05, 0.1) is 0 Å². The van der Waals surface area contributed by atoms with E-state index in [9.17, 15) is 4.79 Å². The summed E-state index contributed by atoms with van der Waals surface area (Å²) in [5.41, 5.74) is 0. The lowest BCUT2D eigenvalue weighted by Gasteiger charge is -2.04. The minimum absolute atomic E-state index is 0.0135. The zero-order valence-corrected chi connectivity index (χ0v) is 9.69. The lowest BCUT2D eigenvalue weighted by atomic mass is 10.2. The van der Waals surface area contributed by atoms with Gasteiger partial charge in [0.25, 0.3) is 0 Å². The van der Waals surface area contributed by atoms with Crippen LogP contribution in [0.25, 0.3) is 0 Å². The smallest absolute Gasteiger partial charge is 0.194 e. The summed E-state index contributed by atoms with van der Waals surface area (Å²) in [7, 11) is 0. The summed E-state index contributed by atoms with van der Waals surface area (Å²) in [6.45, 7) is 5.90. The Hall–Kier alpha value is -0.700. The summed E-state index contributed by atoms with van der Waals surface area (Å²) < 4.78 is 5.35. The number of carbonyl (C=O) groups is 1. The molecule has 1 unspecified atom stereocenters. The third-order valence-electron chi connectivity index (χ3n) is 2.14. The Balaban J connectivity index is 2.48. The molecule has 78 valence electrons. The van der Waals surface area contributed by atoms with Crippen LogP contribution in [-0.4, -0.2) is 11.5 Å². The largest absolute Gasteiger partial charge is 0.447 e. The number of hydrogen-bond donors (Lipinski definition) is 0. The molecule has 0 aliphatic heterocycles. The predicted octanol–water partition coefficient (Wildman–Crippen LogP) is 3.62. The van der Waals surface area contributed by atoms with Gasteiger partial charge in [-0.25, -0.2) is 0 Å². The molecule has 0 saturated carbocycles. The second-order valence-corrected chi connectivity index (χ2v) is 4.52. The summed E-state index contributed by atoms with van der Waals surface area (Å²) >= 11 is 1.67. The average Bonchev–Trinajstić information content (AvgIpc) is 2.62. The molecule has 0 fully saturated rings. The SMILES string of the molecule is CCC(C)CSc1ccc(C(C)=O)o1. The number of thioether (sulfide) groups is 1. The zero-order chi connectivity index (χ0) is 10.6. The van der Waals surface area contributed by atoms with E-state index in [0.29, 0.717) is 11.7 Å². The first kappa shape index (κ1) is 11.4. The highest BCUT2D eigenvalue weighted by Crippen LogP contribution is 2.24. The van der Waals surface area contributed by atoms with Gasteiger partial charge in [-0.1, -0.05) is 32.0 Å². The van der Waals surface area contributed by atoms with Crippen molar-refractivity contribution in [2.24, 2.45) is 5.92 Å². The maximum atomic E-state index is 10.9. The van der Waals surface area contributed by atoms with Gasteiger partial charge in [-0.3, -0.25) is 4.79 Å². The van der Waals surface area contributed by atoms with Crippen molar-refractivity contribution in [2.45, 2.75) is 32.3 Å². The van der Waals surface area contributed by atoms with E-state index in [0.717, 1.165) is 10.8 Å². The van der Waals surface area contributed by atoms with E-state index in [1.54, 1.807) is 17.8 Å². The first-order valence-electron chi connectivity index (χ1n) is 4.87. The van der Waals surface area contributed by atoms with E-state index < -0.39 is 0 Å². The molecule has 0 amide bonds. The van der Waals surface area contributed by atoms with Crippen molar-refractivity contribution in [3.05, 3.63) is 17.9 Å². The zero-order valence-electron chi connectivity index (χ0n) is 8.87. The third kappa shape index (κ3) is 3.22. The van der Waals surface area contributed by atoms with E-state index in [1.807, 2.05) is 6.07 Å². The molecule has 14 heavy (non-hydrogen) atoms. The number of rotatable bonds is 5. The summed E-state index contributed by atoms with van der Waals surface area (Å²) in [5.74, 6) is 2.17. The van der Waals surface area contributed by atoms with Crippen LogP contribution >= 0.6 is 11.8 Å². The predicted molar refractivity (Wildman–Crippen MR) is 58.9 cm³/mol. The standard InChI is InChI=1S/C11H16O2S/c1-4-8(2)7-14-11-6-5-10(13-11)9(3)12/h5-6,8H,4,7H2,1-3H3. The molecule has 1 heterocycles. The van der Waals surface area contributed by atoms with Crippen LogP contribution in [0.1, 0.15) is 37.7 Å². The lowest BCUT2D eigenvalue weighted by Crippen LogP contribution is -1.94. The van der Waals surface area contributed by atoms with Crippen LogP contribution in [0.5, 0.6) is 0 Å². The minimum atomic E-state index is -0.0135. The van der Waals surface area contributed by atoms with Gasteiger partial charge in [0.1, 0.15) is 0 Å². The van der Waals surface area contributed by atoms with Crippen LogP contribution in [0.4, 0.5) is 0 Å². The van der Waals surface area contributed by atoms with Crippen molar-refractivity contribution in [1.82, 2.24) is 0 Å². The van der Waals surface area contributed by atoms with Crippen molar-refractivity contribution in [2.75, 3.05) is 5.75 Å². The lowest BCUT2D eigenvalue weighted by molar-refractivity contribution is 0.0982. The Morgan fingerprint density at radius 1 is 1.57 bits per heavy atom. The van der Waals surface area contributed by atoms with E-state index in [1.165, 1.54) is 13.3 Å². The maximum absolute atomic E-state index is 10.9. The Bertz CT molecular complexity index is 304. The van der Waals surface area contributed by atoms with E-state index in [-0.39, 0.29) is 5.78 Å². The summed E-state index contributed by atoms with van der Waals surface area (Å²) in [6.07, 6.45) is 1.17. The highest BCUT2D eigenvalue weighted by atomic mass is 32.2. The molecular weight excluding hydrogens is 196 g/mol. The molecule has 0 spiro atoms. The Morgan fingerprint density at radius 3 is 2.79 bits per heavy atom. The van der Waals surface area contributed by atoms with E-state index >= 15 is 0 Å². The second-order valence-electron chi connectivity index (χ2n) is 3.50. The highest BCUT2D eigenvalue weighted by molar-refractivity contribution is 7.99. The Kier molecular flexibility index (Phi) is 4.26. The fraction of sp³-hybridized carbons (Fsp3) is 0.545. The van der Waals surface area contributed by atoms with Crippen LogP contribution in [0.2, 0.25) is 0 Å². The molecule has 2 nitrogen and oxygen atoms in total. The maximum Gasteiger partial charge on any atom is 0.194 e.